The number of carbonyl (C=O) groups is 2. The third-order valence-electron chi connectivity index (χ3n) is 4.62. The Labute approximate surface area is 178 Å². The molecule has 1 aliphatic heterocycles. The van der Waals surface area contributed by atoms with E-state index in [9.17, 15) is 9.59 Å². The molecule has 0 saturated heterocycles. The van der Waals surface area contributed by atoms with Crippen LogP contribution in [-0.2, 0) is 16.1 Å². The Balaban J connectivity index is 1.65. The number of nitrogens with two attached hydrogens (primary N) is 3. The first-order valence-corrected chi connectivity index (χ1v) is 9.37. The van der Waals surface area contributed by atoms with Gasteiger partial charge in [0.15, 0.2) is 5.84 Å². The number of fused-ring (bicyclic) bond motifs is 1. The van der Waals surface area contributed by atoms with Crippen molar-refractivity contribution in [1.82, 2.24) is 5.32 Å². The van der Waals surface area contributed by atoms with E-state index in [0.29, 0.717) is 29.4 Å². The van der Waals surface area contributed by atoms with Crippen molar-refractivity contribution in [3.8, 4) is 5.75 Å². The maximum absolute atomic E-state index is 12.8. The van der Waals surface area contributed by atoms with Crippen molar-refractivity contribution in [3.63, 3.8) is 0 Å². The van der Waals surface area contributed by atoms with Gasteiger partial charge in [-0.05, 0) is 11.6 Å². The molecule has 11 heteroatoms. The number of nitrogens with one attached hydrogen (secondary N) is 2. The average Bonchev–Trinajstić information content (AvgIpc) is 2.89. The molecule has 8 N–H and O–H groups in total. The van der Waals surface area contributed by atoms with Gasteiger partial charge in [-0.2, -0.15) is 0 Å². The summed E-state index contributed by atoms with van der Waals surface area (Å²) in [6, 6.07) is 11.7. The molecule has 0 bridgehead atoms. The molecule has 11 nitrogen and oxygen atoms in total. The summed E-state index contributed by atoms with van der Waals surface area (Å²) in [5.74, 6) is 4.39. The highest BCUT2D eigenvalue weighted by Crippen LogP contribution is 2.36. The van der Waals surface area contributed by atoms with Crippen LogP contribution in [0, 0.1) is 0 Å². The van der Waals surface area contributed by atoms with Crippen LogP contribution in [0.5, 0.6) is 5.75 Å². The van der Waals surface area contributed by atoms with Gasteiger partial charge in [0.25, 0.3) is 11.8 Å². The molecule has 0 aliphatic carbocycles. The number of amidine groups is 1. The van der Waals surface area contributed by atoms with E-state index in [0.717, 1.165) is 5.56 Å². The zero-order valence-electron chi connectivity index (χ0n) is 16.9. The van der Waals surface area contributed by atoms with E-state index in [1.54, 1.807) is 19.2 Å². The van der Waals surface area contributed by atoms with Crippen molar-refractivity contribution < 1.29 is 14.3 Å². The molecular weight excluding hydrogens is 400 g/mol. The van der Waals surface area contributed by atoms with Gasteiger partial charge >= 0.3 is 0 Å². The van der Waals surface area contributed by atoms with Crippen molar-refractivity contribution in [2.75, 3.05) is 29.7 Å². The van der Waals surface area contributed by atoms with Gasteiger partial charge < -0.3 is 31.8 Å². The summed E-state index contributed by atoms with van der Waals surface area (Å²) in [7, 11) is 1.55. The molecule has 2 aromatic rings. The topological polar surface area (TPSA) is 173 Å². The Hall–Kier alpha value is -4.12. The van der Waals surface area contributed by atoms with Crippen LogP contribution in [0.2, 0.25) is 0 Å². The molecule has 162 valence electrons. The van der Waals surface area contributed by atoms with E-state index in [1.165, 1.54) is 11.2 Å². The monoisotopic (exact) mass is 424 g/mol. The molecule has 1 atom stereocenters. The van der Waals surface area contributed by atoms with Gasteiger partial charge in [0.05, 0.1) is 23.6 Å². The van der Waals surface area contributed by atoms with Gasteiger partial charge in [-0.25, -0.2) is 4.99 Å². The Morgan fingerprint density at radius 2 is 2.06 bits per heavy atom. The van der Waals surface area contributed by atoms with Crippen LogP contribution in [-0.4, -0.2) is 43.7 Å². The molecule has 0 radical (unpaired) electrons. The second-order valence-corrected chi connectivity index (χ2v) is 6.74. The summed E-state index contributed by atoms with van der Waals surface area (Å²) in [5.41, 5.74) is 16.3. The SMILES string of the molecule is CN1C(=O)C(NC(=O)C(N)=NC=NCc2ccccc2)COc2cc(NN)c(N)cc21. The maximum atomic E-state index is 12.8. The molecule has 3 rings (SSSR count). The van der Waals surface area contributed by atoms with E-state index in [4.69, 9.17) is 22.0 Å². The summed E-state index contributed by atoms with van der Waals surface area (Å²) in [6.07, 6.45) is 1.21. The summed E-state index contributed by atoms with van der Waals surface area (Å²) >= 11 is 0. The first-order valence-electron chi connectivity index (χ1n) is 9.37. The number of likely N-dealkylation sites (N-methyl/N-ethyl adjacent to an activating group) is 1. The molecular formula is C20H24N8O3. The van der Waals surface area contributed by atoms with Crippen molar-refractivity contribution >= 4 is 41.1 Å². The first-order chi connectivity index (χ1) is 14.9. The van der Waals surface area contributed by atoms with Gasteiger partial charge in [0.2, 0.25) is 0 Å². The lowest BCUT2D eigenvalue weighted by atomic mass is 10.2. The van der Waals surface area contributed by atoms with Crippen LogP contribution in [0.1, 0.15) is 5.56 Å². The number of rotatable bonds is 5. The molecule has 0 saturated carbocycles. The lowest BCUT2D eigenvalue weighted by Crippen LogP contribution is -2.52. The number of carbonyl (C=O) groups excluding carboxylic acids is 2. The molecule has 0 aromatic heterocycles. The number of anilines is 3. The minimum Gasteiger partial charge on any atom is -0.489 e. The van der Waals surface area contributed by atoms with E-state index >= 15 is 0 Å². The van der Waals surface area contributed by atoms with Crippen LogP contribution in [0.4, 0.5) is 17.1 Å². The number of nitrogens with zero attached hydrogens (tertiary/aromatic N) is 3. The minimum absolute atomic E-state index is 0.106. The lowest BCUT2D eigenvalue weighted by molar-refractivity contribution is -0.124. The highest BCUT2D eigenvalue weighted by molar-refractivity contribution is 6.38. The van der Waals surface area contributed by atoms with Gasteiger partial charge in [0, 0.05) is 13.1 Å². The summed E-state index contributed by atoms with van der Waals surface area (Å²) in [4.78, 5) is 34.4. The number of aliphatic imine (C=N–C) groups is 2. The van der Waals surface area contributed by atoms with Crippen molar-refractivity contribution in [1.29, 1.82) is 0 Å². The molecule has 0 fully saturated rings. The quantitative estimate of drug-likeness (QED) is 0.147. The Morgan fingerprint density at radius 3 is 2.77 bits per heavy atom. The molecule has 1 aliphatic rings. The molecule has 31 heavy (non-hydrogen) atoms. The van der Waals surface area contributed by atoms with Crippen molar-refractivity contribution in [2.45, 2.75) is 12.6 Å². The molecule has 1 unspecified atom stereocenters. The van der Waals surface area contributed by atoms with Gasteiger partial charge in [0.1, 0.15) is 24.7 Å². The predicted octanol–water partition coefficient (Wildman–Crippen LogP) is -0.0199. The summed E-state index contributed by atoms with van der Waals surface area (Å²) < 4.78 is 5.69. The van der Waals surface area contributed by atoms with E-state index < -0.39 is 17.9 Å². The Bertz CT molecular complexity index is 1020. The standard InChI is InChI=1S/C20H24N8O3/c1-28-16-7-13(21)14(27-23)8-17(16)31-10-15(20(28)30)26-19(29)18(22)25-11-24-9-12-5-3-2-4-6-12/h2-8,11,15,27H,9-10,21,23H2,1H3,(H,26,29)(H2,22,24,25). The molecule has 2 aromatic carbocycles. The third-order valence-corrected chi connectivity index (χ3v) is 4.62. The Kier molecular flexibility index (Phi) is 6.67. The first kappa shape index (κ1) is 21.6. The summed E-state index contributed by atoms with van der Waals surface area (Å²) in [6.45, 7) is 0.297. The largest absolute Gasteiger partial charge is 0.489 e. The van der Waals surface area contributed by atoms with E-state index in [1.807, 2.05) is 30.3 Å². The van der Waals surface area contributed by atoms with Crippen LogP contribution in [0.25, 0.3) is 0 Å². The van der Waals surface area contributed by atoms with Crippen LogP contribution in [0.15, 0.2) is 52.4 Å². The van der Waals surface area contributed by atoms with Crippen molar-refractivity contribution in [3.05, 3.63) is 48.0 Å². The zero-order valence-corrected chi connectivity index (χ0v) is 16.9. The Morgan fingerprint density at radius 1 is 1.32 bits per heavy atom. The number of amides is 2. The number of hydrazine groups is 1. The number of hydrogen-bond acceptors (Lipinski definition) is 7. The number of benzene rings is 2. The third kappa shape index (κ3) is 5.08. The van der Waals surface area contributed by atoms with Crippen LogP contribution in [0.3, 0.4) is 0 Å². The molecule has 1 heterocycles. The molecule has 0 spiro atoms. The fourth-order valence-corrected chi connectivity index (χ4v) is 2.91. The number of ether oxygens (including phenoxy) is 1. The van der Waals surface area contributed by atoms with Crippen molar-refractivity contribution in [2.24, 2.45) is 21.6 Å². The van der Waals surface area contributed by atoms with E-state index in [2.05, 4.69) is 20.7 Å². The fourth-order valence-electron chi connectivity index (χ4n) is 2.91. The van der Waals surface area contributed by atoms with Crippen LogP contribution < -0.4 is 37.7 Å². The highest BCUT2D eigenvalue weighted by Gasteiger charge is 2.31. The zero-order chi connectivity index (χ0) is 22.4. The minimum atomic E-state index is -0.976. The number of hydrogen-bond donors (Lipinski definition) is 5. The smallest absolute Gasteiger partial charge is 0.287 e. The van der Waals surface area contributed by atoms with E-state index in [-0.39, 0.29) is 12.4 Å². The lowest BCUT2D eigenvalue weighted by Gasteiger charge is -2.20. The predicted molar refractivity (Wildman–Crippen MR) is 120 cm³/mol. The second kappa shape index (κ2) is 9.59. The number of nitrogen functional groups attached to an aromatic ring is 2. The molecule has 2 amide bonds. The average molecular weight is 424 g/mol. The van der Waals surface area contributed by atoms with Gasteiger partial charge in [-0.15, -0.1) is 0 Å². The maximum Gasteiger partial charge on any atom is 0.287 e. The normalized spacial score (nSPS) is 16.5. The fraction of sp³-hybridized carbons (Fsp3) is 0.200. The van der Waals surface area contributed by atoms with Gasteiger partial charge in [-0.1, -0.05) is 30.3 Å². The second-order valence-electron chi connectivity index (χ2n) is 6.74. The van der Waals surface area contributed by atoms with Gasteiger partial charge in [-0.3, -0.25) is 20.4 Å². The van der Waals surface area contributed by atoms with Crippen LogP contribution >= 0.6 is 0 Å². The summed E-state index contributed by atoms with van der Waals surface area (Å²) in [5, 5.41) is 2.53. The highest BCUT2D eigenvalue weighted by atomic mass is 16.5.